The van der Waals surface area contributed by atoms with E-state index < -0.39 is 0 Å². The van der Waals surface area contributed by atoms with Gasteiger partial charge in [0.1, 0.15) is 5.75 Å². The molecule has 122 valence electrons. The molecule has 0 aliphatic carbocycles. The Balaban J connectivity index is 0.00000242. The summed E-state index contributed by atoms with van der Waals surface area (Å²) in [5.41, 5.74) is 1.22. The Labute approximate surface area is 150 Å². The highest BCUT2D eigenvalue weighted by Crippen LogP contribution is 2.33. The molecule has 1 amide bonds. The van der Waals surface area contributed by atoms with Gasteiger partial charge in [0.15, 0.2) is 6.61 Å². The van der Waals surface area contributed by atoms with Crippen LogP contribution in [0.15, 0.2) is 23.8 Å². The Morgan fingerprint density at radius 1 is 1.23 bits per heavy atom. The third kappa shape index (κ3) is 5.86. The molecule has 4 nitrogen and oxygen atoms in total. The minimum Gasteiger partial charge on any atom is -0.482 e. The zero-order valence-electron chi connectivity index (χ0n) is 11.6. The molecule has 0 bridgehead atoms. The summed E-state index contributed by atoms with van der Waals surface area (Å²) in [5, 5.41) is 7.01. The van der Waals surface area contributed by atoms with E-state index in [9.17, 15) is 4.79 Å². The molecule has 1 heterocycles. The molecule has 22 heavy (non-hydrogen) atoms. The lowest BCUT2D eigenvalue weighted by atomic mass is 10.1. The van der Waals surface area contributed by atoms with Gasteiger partial charge in [-0.3, -0.25) is 4.79 Å². The van der Waals surface area contributed by atoms with Crippen LogP contribution in [-0.4, -0.2) is 32.1 Å². The number of amides is 1. The Hall–Kier alpha value is -0.650. The van der Waals surface area contributed by atoms with E-state index in [1.54, 1.807) is 0 Å². The molecule has 0 fully saturated rings. The van der Waals surface area contributed by atoms with E-state index in [4.69, 9.17) is 39.5 Å². The second-order valence-electron chi connectivity index (χ2n) is 4.58. The quantitative estimate of drug-likeness (QED) is 0.602. The molecule has 0 saturated carbocycles. The zero-order valence-corrected chi connectivity index (χ0v) is 14.7. The molecular formula is C14H16Cl4N2O2. The lowest BCUT2D eigenvalue weighted by Crippen LogP contribution is -2.32. The minimum atomic E-state index is -0.212. The molecule has 0 atom stereocenters. The molecule has 1 aromatic carbocycles. The predicted octanol–water partition coefficient (Wildman–Crippen LogP) is 3.48. The first kappa shape index (κ1) is 19.4. The first-order valence-corrected chi connectivity index (χ1v) is 7.62. The zero-order chi connectivity index (χ0) is 15.2. The summed E-state index contributed by atoms with van der Waals surface area (Å²) >= 11 is 17.7. The van der Waals surface area contributed by atoms with E-state index in [1.807, 2.05) is 0 Å². The van der Waals surface area contributed by atoms with Crippen LogP contribution in [0.3, 0.4) is 0 Å². The van der Waals surface area contributed by atoms with Crippen molar-refractivity contribution in [2.24, 2.45) is 0 Å². The largest absolute Gasteiger partial charge is 0.482 e. The van der Waals surface area contributed by atoms with Crippen molar-refractivity contribution in [2.45, 2.75) is 6.42 Å². The van der Waals surface area contributed by atoms with Crippen molar-refractivity contribution in [3.05, 3.63) is 38.8 Å². The lowest BCUT2D eigenvalue weighted by Gasteiger charge is -2.15. The monoisotopic (exact) mass is 384 g/mol. The maximum Gasteiger partial charge on any atom is 0.258 e. The lowest BCUT2D eigenvalue weighted by molar-refractivity contribution is -0.122. The summed E-state index contributed by atoms with van der Waals surface area (Å²) in [6.45, 7) is 2.21. The third-order valence-electron chi connectivity index (χ3n) is 3.00. The van der Waals surface area contributed by atoms with Gasteiger partial charge in [-0.25, -0.2) is 0 Å². The average molecular weight is 386 g/mol. The van der Waals surface area contributed by atoms with E-state index in [0.29, 0.717) is 27.4 Å². The average Bonchev–Trinajstić information content (AvgIpc) is 2.48. The summed E-state index contributed by atoms with van der Waals surface area (Å²) in [6.07, 6.45) is 3.03. The molecule has 1 aliphatic heterocycles. The van der Waals surface area contributed by atoms with Crippen molar-refractivity contribution in [3.8, 4) is 5.75 Å². The second-order valence-corrected chi connectivity index (χ2v) is 5.80. The standard InChI is InChI=1S/C14H15Cl3N2O2.ClH/c15-10-5-12(17)13(6-11(10)16)21-8-14(20)19-7-9-1-3-18-4-2-9;/h1,5-6,18H,2-4,7-8H2,(H,19,20);1H. The van der Waals surface area contributed by atoms with Crippen LogP contribution in [0.4, 0.5) is 0 Å². The normalized spacial score (nSPS) is 13.9. The van der Waals surface area contributed by atoms with Gasteiger partial charge in [0.25, 0.3) is 5.91 Å². The van der Waals surface area contributed by atoms with Crippen molar-refractivity contribution >= 4 is 53.1 Å². The van der Waals surface area contributed by atoms with Gasteiger partial charge in [0.2, 0.25) is 0 Å². The molecule has 0 radical (unpaired) electrons. The van der Waals surface area contributed by atoms with E-state index >= 15 is 0 Å². The van der Waals surface area contributed by atoms with Gasteiger partial charge in [-0.05, 0) is 19.0 Å². The van der Waals surface area contributed by atoms with Gasteiger partial charge < -0.3 is 15.4 Å². The summed E-state index contributed by atoms with van der Waals surface area (Å²) in [4.78, 5) is 11.7. The van der Waals surface area contributed by atoms with Crippen LogP contribution in [0.2, 0.25) is 15.1 Å². The van der Waals surface area contributed by atoms with Crippen LogP contribution in [-0.2, 0) is 4.79 Å². The number of carbonyl (C=O) groups is 1. The van der Waals surface area contributed by atoms with E-state index in [1.165, 1.54) is 17.7 Å². The van der Waals surface area contributed by atoms with Crippen molar-refractivity contribution in [1.29, 1.82) is 0 Å². The fraction of sp³-hybridized carbons (Fsp3) is 0.357. The van der Waals surface area contributed by atoms with Crippen LogP contribution >= 0.6 is 47.2 Å². The van der Waals surface area contributed by atoms with Crippen LogP contribution in [0.25, 0.3) is 0 Å². The fourth-order valence-corrected chi connectivity index (χ4v) is 2.44. The van der Waals surface area contributed by atoms with Crippen LogP contribution in [0.5, 0.6) is 5.75 Å². The molecule has 1 aromatic rings. The number of nitrogens with one attached hydrogen (secondary N) is 2. The molecule has 2 N–H and O–H groups in total. The highest BCUT2D eigenvalue weighted by atomic mass is 35.5. The van der Waals surface area contributed by atoms with Crippen molar-refractivity contribution in [1.82, 2.24) is 10.6 Å². The van der Waals surface area contributed by atoms with Gasteiger partial charge in [0, 0.05) is 19.2 Å². The van der Waals surface area contributed by atoms with Crippen LogP contribution in [0, 0.1) is 0 Å². The number of hydrogen-bond acceptors (Lipinski definition) is 3. The Kier molecular flexibility index (Phi) is 8.36. The first-order valence-electron chi connectivity index (χ1n) is 6.49. The predicted molar refractivity (Wildman–Crippen MR) is 92.8 cm³/mol. The summed E-state index contributed by atoms with van der Waals surface area (Å²) in [7, 11) is 0. The molecule has 1 aliphatic rings. The number of carbonyl (C=O) groups excluding carboxylic acids is 1. The Morgan fingerprint density at radius 3 is 2.64 bits per heavy atom. The van der Waals surface area contributed by atoms with E-state index in [2.05, 4.69) is 16.7 Å². The Bertz CT molecular complexity index is 564. The van der Waals surface area contributed by atoms with Gasteiger partial charge in [0.05, 0.1) is 15.1 Å². The van der Waals surface area contributed by atoms with Crippen LogP contribution in [0.1, 0.15) is 6.42 Å². The number of halogens is 4. The SMILES string of the molecule is Cl.O=C(COc1cc(Cl)c(Cl)cc1Cl)NCC1=CCNCC1. The summed E-state index contributed by atoms with van der Waals surface area (Å²) in [5.74, 6) is 0.124. The maximum absolute atomic E-state index is 11.7. The highest BCUT2D eigenvalue weighted by Gasteiger charge is 2.10. The Morgan fingerprint density at radius 2 is 1.95 bits per heavy atom. The number of benzene rings is 1. The van der Waals surface area contributed by atoms with Crippen LogP contribution < -0.4 is 15.4 Å². The topological polar surface area (TPSA) is 50.4 Å². The molecular weight excluding hydrogens is 370 g/mol. The van der Waals surface area contributed by atoms with Gasteiger partial charge in [-0.2, -0.15) is 0 Å². The van der Waals surface area contributed by atoms with E-state index in [-0.39, 0.29) is 24.9 Å². The van der Waals surface area contributed by atoms with Gasteiger partial charge in [-0.15, -0.1) is 12.4 Å². The number of rotatable bonds is 5. The maximum atomic E-state index is 11.7. The second kappa shape index (κ2) is 9.48. The fourth-order valence-electron chi connectivity index (χ4n) is 1.85. The molecule has 0 aromatic heterocycles. The molecule has 2 rings (SSSR count). The number of ether oxygens (including phenoxy) is 1. The molecule has 0 unspecified atom stereocenters. The van der Waals surface area contributed by atoms with Gasteiger partial charge >= 0.3 is 0 Å². The summed E-state index contributed by atoms with van der Waals surface area (Å²) in [6, 6.07) is 2.98. The summed E-state index contributed by atoms with van der Waals surface area (Å²) < 4.78 is 5.36. The highest BCUT2D eigenvalue weighted by molar-refractivity contribution is 6.43. The van der Waals surface area contributed by atoms with Gasteiger partial charge in [-0.1, -0.05) is 46.5 Å². The third-order valence-corrected chi connectivity index (χ3v) is 4.02. The van der Waals surface area contributed by atoms with E-state index in [0.717, 1.165) is 19.5 Å². The van der Waals surface area contributed by atoms with Crippen molar-refractivity contribution in [3.63, 3.8) is 0 Å². The molecule has 0 saturated heterocycles. The van der Waals surface area contributed by atoms with Crippen molar-refractivity contribution < 1.29 is 9.53 Å². The first-order chi connectivity index (χ1) is 10.1. The van der Waals surface area contributed by atoms with Crippen molar-refractivity contribution in [2.75, 3.05) is 26.2 Å². The minimum absolute atomic E-state index is 0. The molecule has 0 spiro atoms. The smallest absolute Gasteiger partial charge is 0.258 e. The number of hydrogen-bond donors (Lipinski definition) is 2. The molecule has 8 heteroatoms.